The van der Waals surface area contributed by atoms with Crippen LogP contribution in [0.15, 0.2) is 30.5 Å². The molecule has 1 aromatic carbocycles. The molecule has 0 radical (unpaired) electrons. The largest absolute Gasteiger partial charge is 0.444 e. The molecule has 7 heteroatoms. The first kappa shape index (κ1) is 20.5. The normalized spacial score (nSPS) is 16.1. The van der Waals surface area contributed by atoms with E-state index in [-0.39, 0.29) is 11.9 Å². The lowest BCUT2D eigenvalue weighted by Gasteiger charge is -2.22. The third-order valence-electron chi connectivity index (χ3n) is 4.45. The highest BCUT2D eigenvalue weighted by molar-refractivity contribution is 6.05. The highest BCUT2D eigenvalue weighted by Gasteiger charge is 2.27. The lowest BCUT2D eigenvalue weighted by atomic mass is 10.1. The summed E-state index contributed by atoms with van der Waals surface area (Å²) in [5.74, 6) is 5.58. The molecule has 29 heavy (non-hydrogen) atoms. The summed E-state index contributed by atoms with van der Waals surface area (Å²) in [6, 6.07) is 7.61. The number of amides is 2. The number of nitrogens with one attached hydrogen (secondary N) is 2. The van der Waals surface area contributed by atoms with Crippen molar-refractivity contribution >= 4 is 34.3 Å². The van der Waals surface area contributed by atoms with Gasteiger partial charge in [-0.2, -0.15) is 0 Å². The van der Waals surface area contributed by atoms with Crippen molar-refractivity contribution in [3.8, 4) is 11.8 Å². The number of ether oxygens (including phenoxy) is 1. The summed E-state index contributed by atoms with van der Waals surface area (Å²) in [7, 11) is 0. The van der Waals surface area contributed by atoms with Gasteiger partial charge >= 0.3 is 6.09 Å². The second-order valence-electron chi connectivity index (χ2n) is 7.98. The van der Waals surface area contributed by atoms with E-state index >= 15 is 0 Å². The number of rotatable bonds is 3. The van der Waals surface area contributed by atoms with E-state index in [0.717, 1.165) is 29.6 Å². The van der Waals surface area contributed by atoms with Gasteiger partial charge in [0.2, 0.25) is 0 Å². The number of alkyl carbamates (subject to hydrolysis) is 1. The molecule has 0 saturated carbocycles. The third kappa shape index (κ3) is 5.38. The number of nitrogens with zero attached hydrogens (tertiary/aromatic N) is 2. The summed E-state index contributed by atoms with van der Waals surface area (Å²) >= 11 is 0. The van der Waals surface area contributed by atoms with Crippen LogP contribution in [0.4, 0.5) is 16.3 Å². The minimum Gasteiger partial charge on any atom is -0.444 e. The molecule has 3 rings (SSSR count). The Kier molecular flexibility index (Phi) is 5.92. The number of hydrogen-bond donors (Lipinski definition) is 2. The zero-order chi connectivity index (χ0) is 21.0. The van der Waals surface area contributed by atoms with Gasteiger partial charge in [-0.1, -0.05) is 5.92 Å². The molecule has 1 aromatic heterocycles. The zero-order valence-electron chi connectivity index (χ0n) is 17.2. The minimum atomic E-state index is -0.518. The van der Waals surface area contributed by atoms with Crippen LogP contribution < -0.4 is 15.5 Å². The van der Waals surface area contributed by atoms with E-state index < -0.39 is 11.7 Å². The molecule has 0 unspecified atom stereocenters. The molecule has 1 fully saturated rings. The number of hydrogen-bond acceptors (Lipinski definition) is 5. The molecule has 2 aromatic rings. The second-order valence-corrected chi connectivity index (χ2v) is 7.98. The molecule has 0 aliphatic carbocycles. The van der Waals surface area contributed by atoms with Gasteiger partial charge in [0, 0.05) is 30.4 Å². The number of carbonyl (C=O) groups excluding carboxylic acids is 2. The summed E-state index contributed by atoms with van der Waals surface area (Å²) in [4.78, 5) is 30.4. The number of aromatic nitrogens is 1. The Balaban J connectivity index is 1.72. The van der Waals surface area contributed by atoms with Crippen LogP contribution in [0.3, 0.4) is 0 Å². The Morgan fingerprint density at radius 2 is 2.07 bits per heavy atom. The van der Waals surface area contributed by atoms with Crippen molar-refractivity contribution in [1.29, 1.82) is 0 Å². The molecule has 152 valence electrons. The quantitative estimate of drug-likeness (QED) is 0.781. The van der Waals surface area contributed by atoms with Gasteiger partial charge in [-0.3, -0.25) is 4.79 Å². The summed E-state index contributed by atoms with van der Waals surface area (Å²) < 4.78 is 5.34. The number of carbonyl (C=O) groups is 2. The number of anilines is 2. The van der Waals surface area contributed by atoms with Gasteiger partial charge in [0.25, 0.3) is 5.91 Å². The molecule has 1 saturated heterocycles. The van der Waals surface area contributed by atoms with Crippen molar-refractivity contribution in [3.05, 3.63) is 30.5 Å². The molecule has 0 bridgehead atoms. The summed E-state index contributed by atoms with van der Waals surface area (Å²) in [6.07, 6.45) is 2.18. The predicted octanol–water partition coefficient (Wildman–Crippen LogP) is 3.30. The third-order valence-corrected chi connectivity index (χ3v) is 4.45. The first-order valence-electron chi connectivity index (χ1n) is 9.62. The van der Waals surface area contributed by atoms with Crippen LogP contribution in [0.5, 0.6) is 0 Å². The SMILES string of the molecule is CC#CC(=O)Nc1ccc2c(N3CC[C@@H](NC(=O)OC(C)(C)C)C3)nccc2c1. The lowest BCUT2D eigenvalue weighted by molar-refractivity contribution is -0.111. The fraction of sp³-hybridized carbons (Fsp3) is 0.409. The van der Waals surface area contributed by atoms with Crippen LogP contribution in [0.25, 0.3) is 10.8 Å². The van der Waals surface area contributed by atoms with E-state index in [1.54, 1.807) is 13.1 Å². The van der Waals surface area contributed by atoms with Crippen molar-refractivity contribution < 1.29 is 14.3 Å². The average Bonchev–Trinajstić information content (AvgIpc) is 3.07. The topological polar surface area (TPSA) is 83.6 Å². The van der Waals surface area contributed by atoms with E-state index in [4.69, 9.17) is 4.74 Å². The van der Waals surface area contributed by atoms with Crippen LogP contribution in [0.1, 0.15) is 34.1 Å². The Morgan fingerprint density at radius 1 is 1.28 bits per heavy atom. The number of benzene rings is 1. The van der Waals surface area contributed by atoms with Crippen LogP contribution in [-0.2, 0) is 9.53 Å². The average molecular weight is 394 g/mol. The Hall–Kier alpha value is -3.27. The molecule has 2 heterocycles. The second kappa shape index (κ2) is 8.39. The van der Waals surface area contributed by atoms with Gasteiger partial charge in [-0.15, -0.1) is 0 Å². The van der Waals surface area contributed by atoms with E-state index in [1.165, 1.54) is 0 Å². The zero-order valence-corrected chi connectivity index (χ0v) is 17.2. The standard InChI is InChI=1S/C22H26N4O3/c1-5-6-19(27)24-16-7-8-18-15(13-16)9-11-23-20(18)26-12-10-17(14-26)25-21(28)29-22(2,3)4/h7-9,11,13,17H,10,12,14H2,1-4H3,(H,24,27)(H,25,28)/t17-/m1/s1. The number of fused-ring (bicyclic) bond motifs is 1. The maximum Gasteiger partial charge on any atom is 0.407 e. The smallest absolute Gasteiger partial charge is 0.407 e. The summed E-state index contributed by atoms with van der Waals surface area (Å²) in [5, 5.41) is 7.66. The van der Waals surface area contributed by atoms with Crippen LogP contribution >= 0.6 is 0 Å². The van der Waals surface area contributed by atoms with E-state index in [0.29, 0.717) is 12.2 Å². The van der Waals surface area contributed by atoms with Crippen LogP contribution in [0, 0.1) is 11.8 Å². The predicted molar refractivity (Wildman–Crippen MR) is 114 cm³/mol. The molecular formula is C22H26N4O3. The lowest BCUT2D eigenvalue weighted by Crippen LogP contribution is -2.40. The molecule has 1 aliphatic heterocycles. The van der Waals surface area contributed by atoms with Crippen LogP contribution in [-0.4, -0.2) is 41.7 Å². The molecule has 2 N–H and O–H groups in total. The van der Waals surface area contributed by atoms with Gasteiger partial charge in [-0.05, 0) is 69.7 Å². The van der Waals surface area contributed by atoms with E-state index in [9.17, 15) is 9.59 Å². The Labute approximate surface area is 170 Å². The van der Waals surface area contributed by atoms with Gasteiger partial charge in [0.15, 0.2) is 0 Å². The fourth-order valence-electron chi connectivity index (χ4n) is 3.31. The first-order valence-corrected chi connectivity index (χ1v) is 9.62. The molecule has 2 amide bonds. The van der Waals surface area contributed by atoms with Gasteiger partial charge in [0.1, 0.15) is 11.4 Å². The van der Waals surface area contributed by atoms with Crippen molar-refractivity contribution in [2.45, 2.75) is 45.8 Å². The van der Waals surface area contributed by atoms with Gasteiger partial charge < -0.3 is 20.3 Å². The first-order chi connectivity index (χ1) is 13.7. The van der Waals surface area contributed by atoms with Crippen molar-refractivity contribution in [1.82, 2.24) is 10.3 Å². The van der Waals surface area contributed by atoms with Crippen molar-refractivity contribution in [2.24, 2.45) is 0 Å². The highest BCUT2D eigenvalue weighted by Crippen LogP contribution is 2.29. The molecule has 1 atom stereocenters. The monoisotopic (exact) mass is 394 g/mol. The van der Waals surface area contributed by atoms with Crippen LogP contribution in [0.2, 0.25) is 0 Å². The fourth-order valence-corrected chi connectivity index (χ4v) is 3.31. The minimum absolute atomic E-state index is 0.00749. The summed E-state index contributed by atoms with van der Waals surface area (Å²) in [5.41, 5.74) is 0.170. The molecule has 0 spiro atoms. The molecule has 7 nitrogen and oxygen atoms in total. The molecule has 1 aliphatic rings. The molecular weight excluding hydrogens is 368 g/mol. The van der Waals surface area contributed by atoms with Crippen molar-refractivity contribution in [3.63, 3.8) is 0 Å². The Morgan fingerprint density at radius 3 is 2.79 bits per heavy atom. The van der Waals surface area contributed by atoms with Gasteiger partial charge in [-0.25, -0.2) is 9.78 Å². The summed E-state index contributed by atoms with van der Waals surface area (Å²) in [6.45, 7) is 8.61. The van der Waals surface area contributed by atoms with E-state index in [1.807, 2.05) is 45.0 Å². The van der Waals surface area contributed by atoms with Crippen molar-refractivity contribution in [2.75, 3.05) is 23.3 Å². The Bertz CT molecular complexity index is 985. The van der Waals surface area contributed by atoms with E-state index in [2.05, 4.69) is 32.4 Å². The number of pyridine rings is 1. The maximum absolute atomic E-state index is 12.0. The highest BCUT2D eigenvalue weighted by atomic mass is 16.6. The van der Waals surface area contributed by atoms with Gasteiger partial charge in [0.05, 0.1) is 6.04 Å². The maximum atomic E-state index is 12.0.